The lowest BCUT2D eigenvalue weighted by Crippen LogP contribution is -2.61. The van der Waals surface area contributed by atoms with E-state index in [-0.39, 0.29) is 0 Å². The van der Waals surface area contributed by atoms with E-state index in [9.17, 15) is 0 Å². The van der Waals surface area contributed by atoms with Gasteiger partial charge in [0.1, 0.15) is 0 Å². The van der Waals surface area contributed by atoms with E-state index in [1.165, 1.54) is 38.6 Å². The van der Waals surface area contributed by atoms with Crippen molar-refractivity contribution in [2.45, 2.75) is 71.9 Å². The quantitative estimate of drug-likeness (QED) is 0.642. The molecule has 0 radical (unpaired) electrons. The fraction of sp³-hybridized carbons (Fsp3) is 1.00. The molecule has 1 aliphatic carbocycles. The summed E-state index contributed by atoms with van der Waals surface area (Å²) in [4.78, 5) is 0. The Hall–Kier alpha value is -0.0800. The normalized spacial score (nSPS) is 27.8. The molecule has 0 bridgehead atoms. The zero-order valence-corrected chi connectivity index (χ0v) is 11.5. The number of hydrogen-bond acceptors (Lipinski definition) is 2. The van der Waals surface area contributed by atoms with Crippen molar-refractivity contribution in [3.8, 4) is 0 Å². The fourth-order valence-electron chi connectivity index (χ4n) is 2.54. The molecule has 1 saturated carbocycles. The van der Waals surface area contributed by atoms with Crippen molar-refractivity contribution in [3.63, 3.8) is 0 Å². The molecule has 0 aromatic carbocycles. The van der Waals surface area contributed by atoms with E-state index < -0.39 is 0 Å². The number of unbranched alkanes of at least 4 members (excludes halogenated alkanes) is 3. The van der Waals surface area contributed by atoms with Gasteiger partial charge in [0.25, 0.3) is 0 Å². The van der Waals surface area contributed by atoms with Crippen LogP contribution in [0.4, 0.5) is 0 Å². The number of hydrogen-bond donors (Lipinski definition) is 1. The van der Waals surface area contributed by atoms with E-state index >= 15 is 0 Å². The molecule has 1 aliphatic rings. The molecule has 2 atom stereocenters. The Morgan fingerprint density at radius 2 is 1.94 bits per heavy atom. The lowest BCUT2D eigenvalue weighted by Gasteiger charge is -2.52. The third-order valence-corrected chi connectivity index (χ3v) is 3.97. The van der Waals surface area contributed by atoms with Gasteiger partial charge in [-0.1, -0.05) is 40.0 Å². The highest BCUT2D eigenvalue weighted by Crippen LogP contribution is 2.42. The minimum Gasteiger partial charge on any atom is -0.378 e. The molecule has 2 heteroatoms. The van der Waals surface area contributed by atoms with Crippen molar-refractivity contribution in [3.05, 3.63) is 0 Å². The van der Waals surface area contributed by atoms with Crippen LogP contribution in [0.5, 0.6) is 0 Å². The molecule has 0 spiro atoms. The Bertz CT molecular complexity index is 191. The summed E-state index contributed by atoms with van der Waals surface area (Å²) in [6.07, 6.45) is 7.03. The second-order valence-corrected chi connectivity index (χ2v) is 5.57. The van der Waals surface area contributed by atoms with Crippen LogP contribution in [0.3, 0.4) is 0 Å². The van der Waals surface area contributed by atoms with Crippen molar-refractivity contribution in [2.75, 3.05) is 13.2 Å². The molecule has 0 amide bonds. The Morgan fingerprint density at radius 1 is 1.19 bits per heavy atom. The van der Waals surface area contributed by atoms with E-state index in [0.717, 1.165) is 6.61 Å². The van der Waals surface area contributed by atoms with Gasteiger partial charge in [-0.25, -0.2) is 0 Å². The van der Waals surface area contributed by atoms with Crippen molar-refractivity contribution in [1.82, 2.24) is 5.32 Å². The molecule has 1 rings (SSSR count). The highest BCUT2D eigenvalue weighted by molar-refractivity contribution is 5.02. The van der Waals surface area contributed by atoms with Crippen molar-refractivity contribution in [2.24, 2.45) is 5.41 Å². The Labute approximate surface area is 101 Å². The molecule has 16 heavy (non-hydrogen) atoms. The van der Waals surface area contributed by atoms with Crippen LogP contribution < -0.4 is 5.32 Å². The van der Waals surface area contributed by atoms with Crippen LogP contribution in [-0.2, 0) is 4.74 Å². The summed E-state index contributed by atoms with van der Waals surface area (Å²) in [6.45, 7) is 11.0. The highest BCUT2D eigenvalue weighted by atomic mass is 16.5. The van der Waals surface area contributed by atoms with Crippen molar-refractivity contribution in [1.29, 1.82) is 0 Å². The fourth-order valence-corrected chi connectivity index (χ4v) is 2.54. The van der Waals surface area contributed by atoms with Gasteiger partial charge >= 0.3 is 0 Å². The summed E-state index contributed by atoms with van der Waals surface area (Å²) in [5.41, 5.74) is 0.320. The lowest BCUT2D eigenvalue weighted by atomic mass is 9.64. The molecule has 0 heterocycles. The summed E-state index contributed by atoms with van der Waals surface area (Å²) >= 11 is 0. The Balaban J connectivity index is 2.11. The van der Waals surface area contributed by atoms with Crippen LogP contribution in [0, 0.1) is 5.41 Å². The molecule has 0 saturated heterocycles. The average molecular weight is 227 g/mol. The van der Waals surface area contributed by atoms with Gasteiger partial charge in [-0.3, -0.25) is 0 Å². The third-order valence-electron chi connectivity index (χ3n) is 3.97. The summed E-state index contributed by atoms with van der Waals surface area (Å²) in [6, 6.07) is 0.658. The van der Waals surface area contributed by atoms with Gasteiger partial charge in [0.2, 0.25) is 0 Å². The number of rotatable bonds is 8. The maximum absolute atomic E-state index is 5.73. The van der Waals surface area contributed by atoms with E-state index in [1.54, 1.807) is 0 Å². The van der Waals surface area contributed by atoms with Gasteiger partial charge in [0, 0.05) is 18.1 Å². The molecule has 2 unspecified atom stereocenters. The summed E-state index contributed by atoms with van der Waals surface area (Å²) in [5.74, 6) is 0. The summed E-state index contributed by atoms with van der Waals surface area (Å²) < 4.78 is 5.73. The third kappa shape index (κ3) is 3.46. The first-order valence-electron chi connectivity index (χ1n) is 6.97. The SMILES string of the molecule is CCCCCCNC1CC(OCC)C1(C)C. The van der Waals surface area contributed by atoms with E-state index in [1.807, 2.05) is 0 Å². The van der Waals surface area contributed by atoms with Crippen LogP contribution >= 0.6 is 0 Å². The lowest BCUT2D eigenvalue weighted by molar-refractivity contribution is -0.113. The van der Waals surface area contributed by atoms with Gasteiger partial charge < -0.3 is 10.1 Å². The van der Waals surface area contributed by atoms with E-state index in [0.29, 0.717) is 17.6 Å². The zero-order chi connectivity index (χ0) is 12.0. The summed E-state index contributed by atoms with van der Waals surface area (Å²) in [7, 11) is 0. The van der Waals surface area contributed by atoms with Gasteiger partial charge in [-0.15, -0.1) is 0 Å². The predicted molar refractivity (Wildman–Crippen MR) is 69.7 cm³/mol. The first-order valence-corrected chi connectivity index (χ1v) is 6.97. The largest absolute Gasteiger partial charge is 0.378 e. The first kappa shape index (κ1) is 14.0. The van der Waals surface area contributed by atoms with Gasteiger partial charge in [0.15, 0.2) is 0 Å². The monoisotopic (exact) mass is 227 g/mol. The molecule has 0 aromatic rings. The zero-order valence-electron chi connectivity index (χ0n) is 11.5. The van der Waals surface area contributed by atoms with Gasteiger partial charge in [-0.05, 0) is 26.3 Å². The molecule has 1 N–H and O–H groups in total. The second kappa shape index (κ2) is 6.61. The van der Waals surface area contributed by atoms with E-state index in [2.05, 4.69) is 33.0 Å². The Kier molecular flexibility index (Phi) is 5.77. The van der Waals surface area contributed by atoms with Gasteiger partial charge in [-0.2, -0.15) is 0 Å². The van der Waals surface area contributed by atoms with Crippen LogP contribution in [0.1, 0.15) is 59.8 Å². The summed E-state index contributed by atoms with van der Waals surface area (Å²) in [5, 5.41) is 3.68. The first-order chi connectivity index (χ1) is 7.62. The molecule has 0 aliphatic heterocycles. The molecule has 2 nitrogen and oxygen atoms in total. The van der Waals surface area contributed by atoms with Crippen LogP contribution in [0.25, 0.3) is 0 Å². The molecule has 1 fully saturated rings. The Morgan fingerprint density at radius 3 is 2.50 bits per heavy atom. The van der Waals surface area contributed by atoms with Gasteiger partial charge in [0.05, 0.1) is 6.10 Å². The standard InChI is InChI=1S/C14H29NO/c1-5-7-8-9-10-15-12-11-13(16-6-2)14(12,3)4/h12-13,15H,5-11H2,1-4H3. The predicted octanol–water partition coefficient (Wildman–Crippen LogP) is 3.36. The number of nitrogens with one attached hydrogen (secondary N) is 1. The topological polar surface area (TPSA) is 21.3 Å². The van der Waals surface area contributed by atoms with Crippen LogP contribution in [-0.4, -0.2) is 25.3 Å². The number of ether oxygens (including phenoxy) is 1. The van der Waals surface area contributed by atoms with Crippen LogP contribution in [0.2, 0.25) is 0 Å². The molecular weight excluding hydrogens is 198 g/mol. The van der Waals surface area contributed by atoms with Crippen LogP contribution in [0.15, 0.2) is 0 Å². The molecular formula is C14H29NO. The van der Waals surface area contributed by atoms with E-state index in [4.69, 9.17) is 4.74 Å². The maximum atomic E-state index is 5.73. The minimum absolute atomic E-state index is 0.320. The highest BCUT2D eigenvalue weighted by Gasteiger charge is 2.48. The molecule has 96 valence electrons. The van der Waals surface area contributed by atoms with Crippen molar-refractivity contribution >= 4 is 0 Å². The average Bonchev–Trinajstić information content (AvgIpc) is 2.26. The smallest absolute Gasteiger partial charge is 0.0655 e. The second-order valence-electron chi connectivity index (χ2n) is 5.57. The van der Waals surface area contributed by atoms with Crippen molar-refractivity contribution < 1.29 is 4.74 Å². The molecule has 0 aromatic heterocycles. The minimum atomic E-state index is 0.320. The maximum Gasteiger partial charge on any atom is 0.0655 e.